The molecule has 2 amide bonds. The lowest BCUT2D eigenvalue weighted by Crippen LogP contribution is -2.48. The number of nitrogens with zero attached hydrogens (tertiary/aromatic N) is 1. The molecule has 3 aromatic rings. The molecule has 0 aliphatic carbocycles. The van der Waals surface area contributed by atoms with Gasteiger partial charge in [-0.1, -0.05) is 36.4 Å². The third-order valence-electron chi connectivity index (χ3n) is 5.72. The van der Waals surface area contributed by atoms with E-state index in [2.05, 4.69) is 5.32 Å². The zero-order chi connectivity index (χ0) is 22.5. The molecule has 0 bridgehead atoms. The summed E-state index contributed by atoms with van der Waals surface area (Å²) in [5, 5.41) is 5.06. The first-order chi connectivity index (χ1) is 15.6. The van der Waals surface area contributed by atoms with Gasteiger partial charge in [-0.05, 0) is 40.8 Å². The van der Waals surface area contributed by atoms with Crippen LogP contribution in [0.2, 0.25) is 0 Å². The van der Waals surface area contributed by atoms with Crippen molar-refractivity contribution in [1.29, 1.82) is 0 Å². The molecule has 2 heterocycles. The molecule has 2 atom stereocenters. The van der Waals surface area contributed by atoms with Gasteiger partial charge in [0.2, 0.25) is 5.91 Å². The van der Waals surface area contributed by atoms with Crippen molar-refractivity contribution < 1.29 is 19.1 Å². The van der Waals surface area contributed by atoms with Gasteiger partial charge in [-0.2, -0.15) is 0 Å². The van der Waals surface area contributed by atoms with Crippen molar-refractivity contribution in [3.8, 4) is 5.75 Å². The first-order valence-electron chi connectivity index (χ1n) is 10.5. The minimum Gasteiger partial charge on any atom is -0.497 e. The van der Waals surface area contributed by atoms with Gasteiger partial charge < -0.3 is 19.7 Å². The van der Waals surface area contributed by atoms with E-state index in [9.17, 15) is 9.59 Å². The second-order valence-electron chi connectivity index (χ2n) is 7.58. The van der Waals surface area contributed by atoms with Gasteiger partial charge in [-0.15, -0.1) is 11.3 Å². The summed E-state index contributed by atoms with van der Waals surface area (Å²) >= 11 is 1.55. The van der Waals surface area contributed by atoms with E-state index in [1.54, 1.807) is 36.5 Å². The Bertz CT molecular complexity index is 1070. The maximum atomic E-state index is 13.6. The van der Waals surface area contributed by atoms with Crippen LogP contribution in [0, 0.1) is 0 Å². The Morgan fingerprint density at radius 2 is 1.84 bits per heavy atom. The first-order valence-corrected chi connectivity index (χ1v) is 11.3. The van der Waals surface area contributed by atoms with Crippen LogP contribution in [-0.2, 0) is 16.1 Å². The highest BCUT2D eigenvalue weighted by Crippen LogP contribution is 2.44. The Morgan fingerprint density at radius 3 is 2.53 bits per heavy atom. The summed E-state index contributed by atoms with van der Waals surface area (Å²) in [6.07, 6.45) is 0. The summed E-state index contributed by atoms with van der Waals surface area (Å²) < 4.78 is 10.5. The smallest absolute Gasteiger partial charge is 0.254 e. The molecule has 1 aromatic heterocycles. The second-order valence-corrected chi connectivity index (χ2v) is 8.56. The van der Waals surface area contributed by atoms with Crippen LogP contribution in [0.15, 0.2) is 66.0 Å². The average molecular weight is 451 g/mol. The first kappa shape index (κ1) is 22.0. The standard InChI is InChI=1S/C25H26N2O4S/c1-30-14-13-27-23(21-8-5-15-32-21)22(19-6-3-4-7-20(19)25(27)29)24(28)26-16-17-9-11-18(31-2)12-10-17/h3-12,15,22-23H,13-14,16H2,1-2H3,(H,26,28)/t22-,23+/m1/s1. The van der Waals surface area contributed by atoms with E-state index in [1.807, 2.05) is 60.0 Å². The van der Waals surface area contributed by atoms with Crippen LogP contribution in [0.5, 0.6) is 5.75 Å². The predicted molar refractivity (Wildman–Crippen MR) is 124 cm³/mol. The third-order valence-corrected chi connectivity index (χ3v) is 6.66. The highest BCUT2D eigenvalue weighted by molar-refractivity contribution is 7.10. The summed E-state index contributed by atoms with van der Waals surface area (Å²) in [6, 6.07) is 18.6. The fourth-order valence-electron chi connectivity index (χ4n) is 4.13. The molecular formula is C25H26N2O4S. The van der Waals surface area contributed by atoms with Gasteiger partial charge in [0.05, 0.1) is 25.7 Å². The number of rotatable bonds is 8. The number of carbonyl (C=O) groups excluding carboxylic acids is 2. The summed E-state index contributed by atoms with van der Waals surface area (Å²) in [7, 11) is 3.24. The Kier molecular flexibility index (Phi) is 6.87. The van der Waals surface area contributed by atoms with Crippen LogP contribution in [0.3, 0.4) is 0 Å². The number of amides is 2. The van der Waals surface area contributed by atoms with Gasteiger partial charge in [0, 0.05) is 30.6 Å². The molecule has 7 heteroatoms. The SMILES string of the molecule is COCCN1C(=O)c2ccccc2[C@@H](C(=O)NCc2ccc(OC)cc2)[C@@H]1c1cccs1. The number of thiophene rings is 1. The summed E-state index contributed by atoms with van der Waals surface area (Å²) in [5.41, 5.74) is 2.31. The topological polar surface area (TPSA) is 67.9 Å². The molecule has 0 spiro atoms. The van der Waals surface area contributed by atoms with Crippen LogP contribution in [0.25, 0.3) is 0 Å². The molecule has 2 aromatic carbocycles. The molecule has 0 saturated carbocycles. The molecule has 1 aliphatic rings. The Hall–Kier alpha value is -3.16. The molecule has 0 saturated heterocycles. The number of benzene rings is 2. The number of nitrogens with one attached hydrogen (secondary N) is 1. The van der Waals surface area contributed by atoms with Crippen molar-refractivity contribution in [3.05, 3.63) is 87.6 Å². The normalized spacial score (nSPS) is 17.7. The van der Waals surface area contributed by atoms with E-state index < -0.39 is 5.92 Å². The molecule has 1 aliphatic heterocycles. The van der Waals surface area contributed by atoms with Crippen molar-refractivity contribution in [3.63, 3.8) is 0 Å². The Morgan fingerprint density at radius 1 is 1.06 bits per heavy atom. The van der Waals surface area contributed by atoms with Gasteiger partial charge >= 0.3 is 0 Å². The van der Waals surface area contributed by atoms with Crippen LogP contribution in [0.4, 0.5) is 0 Å². The number of hydrogen-bond acceptors (Lipinski definition) is 5. The molecule has 6 nitrogen and oxygen atoms in total. The molecule has 0 fully saturated rings. The molecule has 1 N–H and O–H groups in total. The van der Waals surface area contributed by atoms with E-state index in [1.165, 1.54) is 0 Å². The quantitative estimate of drug-likeness (QED) is 0.563. The van der Waals surface area contributed by atoms with E-state index in [-0.39, 0.29) is 17.9 Å². The average Bonchev–Trinajstić information content (AvgIpc) is 3.37. The van der Waals surface area contributed by atoms with Gasteiger partial charge in [0.15, 0.2) is 0 Å². The van der Waals surface area contributed by atoms with Crippen LogP contribution < -0.4 is 10.1 Å². The molecule has 0 radical (unpaired) electrons. The lowest BCUT2D eigenvalue weighted by Gasteiger charge is -2.41. The van der Waals surface area contributed by atoms with Crippen molar-refractivity contribution in [1.82, 2.24) is 10.2 Å². The van der Waals surface area contributed by atoms with Crippen LogP contribution >= 0.6 is 11.3 Å². The highest BCUT2D eigenvalue weighted by Gasteiger charge is 2.44. The largest absolute Gasteiger partial charge is 0.497 e. The van der Waals surface area contributed by atoms with Gasteiger partial charge in [-0.25, -0.2) is 0 Å². The fourth-order valence-corrected chi connectivity index (χ4v) is 5.00. The highest BCUT2D eigenvalue weighted by atomic mass is 32.1. The minimum absolute atomic E-state index is 0.0738. The van der Waals surface area contributed by atoms with Crippen LogP contribution in [0.1, 0.15) is 38.3 Å². The molecule has 32 heavy (non-hydrogen) atoms. The summed E-state index contributed by atoms with van der Waals surface area (Å²) in [4.78, 5) is 29.7. The van der Waals surface area contributed by atoms with Crippen LogP contribution in [-0.4, -0.2) is 44.1 Å². The Labute approximate surface area is 191 Å². The lowest BCUT2D eigenvalue weighted by atomic mass is 9.81. The number of ether oxygens (including phenoxy) is 2. The van der Waals surface area contributed by atoms with Gasteiger partial charge in [-0.3, -0.25) is 9.59 Å². The maximum absolute atomic E-state index is 13.6. The number of carbonyl (C=O) groups is 2. The van der Waals surface area contributed by atoms with E-state index >= 15 is 0 Å². The molecule has 0 unspecified atom stereocenters. The zero-order valence-corrected chi connectivity index (χ0v) is 18.9. The van der Waals surface area contributed by atoms with Crippen molar-refractivity contribution in [2.45, 2.75) is 18.5 Å². The van der Waals surface area contributed by atoms with E-state index in [0.717, 1.165) is 21.8 Å². The summed E-state index contributed by atoms with van der Waals surface area (Å²) in [5.74, 6) is 0.0702. The van der Waals surface area contributed by atoms with Crippen molar-refractivity contribution >= 4 is 23.2 Å². The van der Waals surface area contributed by atoms with Crippen molar-refractivity contribution in [2.24, 2.45) is 0 Å². The van der Waals surface area contributed by atoms with Gasteiger partial charge in [0.25, 0.3) is 5.91 Å². The van der Waals surface area contributed by atoms with E-state index in [0.29, 0.717) is 25.3 Å². The van der Waals surface area contributed by atoms with Gasteiger partial charge in [0.1, 0.15) is 5.75 Å². The molecule has 4 rings (SSSR count). The minimum atomic E-state index is -0.516. The van der Waals surface area contributed by atoms with Crippen molar-refractivity contribution in [2.75, 3.05) is 27.4 Å². The maximum Gasteiger partial charge on any atom is 0.254 e. The summed E-state index contributed by atoms with van der Waals surface area (Å²) in [6.45, 7) is 1.20. The Balaban J connectivity index is 1.67. The third kappa shape index (κ3) is 4.40. The number of fused-ring (bicyclic) bond motifs is 1. The zero-order valence-electron chi connectivity index (χ0n) is 18.1. The predicted octanol–water partition coefficient (Wildman–Crippen LogP) is 4.00. The molecule has 166 valence electrons. The monoisotopic (exact) mass is 450 g/mol. The number of methoxy groups -OCH3 is 2. The molecular weight excluding hydrogens is 424 g/mol. The fraction of sp³-hybridized carbons (Fsp3) is 0.280. The number of hydrogen-bond donors (Lipinski definition) is 1. The lowest BCUT2D eigenvalue weighted by molar-refractivity contribution is -0.124. The van der Waals surface area contributed by atoms with E-state index in [4.69, 9.17) is 9.47 Å². The second kappa shape index (κ2) is 9.97.